The molecule has 0 amide bonds. The SMILES string of the molecule is CNCc1nn(C)c(-c2ccccc2C)c1C. The van der Waals surface area contributed by atoms with Gasteiger partial charge in [0, 0.05) is 19.2 Å². The van der Waals surface area contributed by atoms with E-state index in [1.54, 1.807) is 0 Å². The lowest BCUT2D eigenvalue weighted by Gasteiger charge is -2.07. The van der Waals surface area contributed by atoms with Crippen LogP contribution in [0.15, 0.2) is 24.3 Å². The molecule has 0 saturated carbocycles. The summed E-state index contributed by atoms with van der Waals surface area (Å²) in [5.41, 5.74) is 6.15. The zero-order valence-electron chi connectivity index (χ0n) is 10.9. The fourth-order valence-electron chi connectivity index (χ4n) is 2.24. The standard InChI is InChI=1S/C14H19N3/c1-10-7-5-6-8-12(10)14-11(2)13(9-15-3)16-17(14)4/h5-8,15H,9H2,1-4H3. The van der Waals surface area contributed by atoms with Crippen molar-refractivity contribution in [3.63, 3.8) is 0 Å². The first-order valence-corrected chi connectivity index (χ1v) is 5.88. The molecule has 0 bridgehead atoms. The topological polar surface area (TPSA) is 29.9 Å². The van der Waals surface area contributed by atoms with Crippen LogP contribution in [0.25, 0.3) is 11.3 Å². The van der Waals surface area contributed by atoms with E-state index in [0.717, 1.165) is 12.2 Å². The molecule has 0 spiro atoms. The summed E-state index contributed by atoms with van der Waals surface area (Å²) in [5.74, 6) is 0. The lowest BCUT2D eigenvalue weighted by atomic mass is 10.0. The molecule has 0 fully saturated rings. The Hall–Kier alpha value is -1.61. The minimum atomic E-state index is 0.811. The largest absolute Gasteiger partial charge is 0.314 e. The predicted octanol–water partition coefficient (Wildman–Crippen LogP) is 2.42. The molecule has 0 saturated heterocycles. The summed E-state index contributed by atoms with van der Waals surface area (Å²) < 4.78 is 1.98. The molecule has 3 nitrogen and oxygen atoms in total. The Morgan fingerprint density at radius 2 is 1.94 bits per heavy atom. The van der Waals surface area contributed by atoms with Gasteiger partial charge >= 0.3 is 0 Å². The summed E-state index contributed by atoms with van der Waals surface area (Å²) in [6, 6.07) is 8.44. The zero-order chi connectivity index (χ0) is 12.4. The Morgan fingerprint density at radius 1 is 1.24 bits per heavy atom. The van der Waals surface area contributed by atoms with Crippen LogP contribution in [0, 0.1) is 13.8 Å². The number of benzene rings is 1. The number of rotatable bonds is 3. The van der Waals surface area contributed by atoms with E-state index in [-0.39, 0.29) is 0 Å². The van der Waals surface area contributed by atoms with Gasteiger partial charge in [0.05, 0.1) is 11.4 Å². The van der Waals surface area contributed by atoms with Gasteiger partial charge in [-0.05, 0) is 32.0 Å². The third kappa shape index (κ3) is 2.11. The first kappa shape index (κ1) is 11.9. The summed E-state index contributed by atoms with van der Waals surface area (Å²) in [4.78, 5) is 0. The van der Waals surface area contributed by atoms with Gasteiger partial charge in [-0.25, -0.2) is 0 Å². The highest BCUT2D eigenvalue weighted by Gasteiger charge is 2.14. The van der Waals surface area contributed by atoms with E-state index < -0.39 is 0 Å². The molecule has 90 valence electrons. The van der Waals surface area contributed by atoms with Crippen LogP contribution in [0.2, 0.25) is 0 Å². The maximum atomic E-state index is 4.57. The summed E-state index contributed by atoms with van der Waals surface area (Å²) in [6.07, 6.45) is 0. The second-order valence-electron chi connectivity index (χ2n) is 4.39. The molecule has 1 N–H and O–H groups in total. The Bertz CT molecular complexity index is 526. The van der Waals surface area contributed by atoms with E-state index in [0.29, 0.717) is 0 Å². The van der Waals surface area contributed by atoms with E-state index in [4.69, 9.17) is 0 Å². The molecule has 17 heavy (non-hydrogen) atoms. The molecule has 1 aromatic heterocycles. The van der Waals surface area contributed by atoms with Crippen molar-refractivity contribution in [2.24, 2.45) is 7.05 Å². The van der Waals surface area contributed by atoms with Gasteiger partial charge in [-0.3, -0.25) is 4.68 Å². The van der Waals surface area contributed by atoms with Crippen LogP contribution >= 0.6 is 0 Å². The normalized spacial score (nSPS) is 10.8. The number of hydrogen-bond acceptors (Lipinski definition) is 2. The van der Waals surface area contributed by atoms with Crippen LogP contribution in [0.5, 0.6) is 0 Å². The van der Waals surface area contributed by atoms with Crippen LogP contribution < -0.4 is 5.32 Å². The van der Waals surface area contributed by atoms with Gasteiger partial charge in [0.15, 0.2) is 0 Å². The number of aromatic nitrogens is 2. The van der Waals surface area contributed by atoms with Crippen LogP contribution in [-0.2, 0) is 13.6 Å². The van der Waals surface area contributed by atoms with Gasteiger partial charge in [0.25, 0.3) is 0 Å². The van der Waals surface area contributed by atoms with Gasteiger partial charge in [-0.2, -0.15) is 5.10 Å². The van der Waals surface area contributed by atoms with Crippen molar-refractivity contribution in [1.29, 1.82) is 0 Å². The molecular weight excluding hydrogens is 210 g/mol. The molecule has 0 unspecified atom stereocenters. The Morgan fingerprint density at radius 3 is 2.59 bits per heavy atom. The Labute approximate surface area is 102 Å². The molecule has 2 rings (SSSR count). The van der Waals surface area contributed by atoms with Crippen LogP contribution in [0.1, 0.15) is 16.8 Å². The van der Waals surface area contributed by atoms with Gasteiger partial charge in [0.2, 0.25) is 0 Å². The van der Waals surface area contributed by atoms with Crippen molar-refractivity contribution in [1.82, 2.24) is 15.1 Å². The molecule has 0 atom stereocenters. The quantitative estimate of drug-likeness (QED) is 0.876. The molecule has 1 aromatic carbocycles. The third-order valence-corrected chi connectivity index (χ3v) is 3.13. The Kier molecular flexibility index (Phi) is 3.29. The van der Waals surface area contributed by atoms with Gasteiger partial charge in [0.1, 0.15) is 0 Å². The highest BCUT2D eigenvalue weighted by molar-refractivity contribution is 5.67. The number of aryl methyl sites for hydroxylation is 2. The van der Waals surface area contributed by atoms with E-state index in [1.165, 1.54) is 22.4 Å². The van der Waals surface area contributed by atoms with Gasteiger partial charge in [-0.1, -0.05) is 24.3 Å². The number of nitrogens with one attached hydrogen (secondary N) is 1. The van der Waals surface area contributed by atoms with Crippen molar-refractivity contribution in [3.05, 3.63) is 41.1 Å². The minimum absolute atomic E-state index is 0.811. The lowest BCUT2D eigenvalue weighted by molar-refractivity contribution is 0.715. The van der Waals surface area contributed by atoms with Crippen LogP contribution in [-0.4, -0.2) is 16.8 Å². The third-order valence-electron chi connectivity index (χ3n) is 3.13. The molecular formula is C14H19N3. The summed E-state index contributed by atoms with van der Waals surface area (Å²) in [6.45, 7) is 5.09. The molecule has 0 aliphatic carbocycles. The lowest BCUT2D eigenvalue weighted by Crippen LogP contribution is -2.06. The molecule has 2 aromatic rings. The average Bonchev–Trinajstić information content (AvgIpc) is 2.57. The fraction of sp³-hybridized carbons (Fsp3) is 0.357. The monoisotopic (exact) mass is 229 g/mol. The molecule has 1 heterocycles. The van der Waals surface area contributed by atoms with E-state index in [9.17, 15) is 0 Å². The van der Waals surface area contributed by atoms with Crippen LogP contribution in [0.3, 0.4) is 0 Å². The van der Waals surface area contributed by atoms with Crippen molar-refractivity contribution in [2.75, 3.05) is 7.05 Å². The summed E-state index contributed by atoms with van der Waals surface area (Å²) in [5, 5.41) is 7.73. The van der Waals surface area contributed by atoms with Crippen molar-refractivity contribution in [2.45, 2.75) is 20.4 Å². The number of hydrogen-bond donors (Lipinski definition) is 1. The van der Waals surface area contributed by atoms with Crippen molar-refractivity contribution >= 4 is 0 Å². The fourth-order valence-corrected chi connectivity index (χ4v) is 2.24. The van der Waals surface area contributed by atoms with E-state index in [2.05, 4.69) is 48.5 Å². The smallest absolute Gasteiger partial charge is 0.0797 e. The van der Waals surface area contributed by atoms with Crippen molar-refractivity contribution in [3.8, 4) is 11.3 Å². The minimum Gasteiger partial charge on any atom is -0.314 e. The molecule has 0 aliphatic rings. The summed E-state index contributed by atoms with van der Waals surface area (Å²) >= 11 is 0. The Balaban J connectivity index is 2.56. The highest BCUT2D eigenvalue weighted by atomic mass is 15.3. The second-order valence-corrected chi connectivity index (χ2v) is 4.39. The van der Waals surface area contributed by atoms with Gasteiger partial charge < -0.3 is 5.32 Å². The van der Waals surface area contributed by atoms with E-state index in [1.807, 2.05) is 18.8 Å². The van der Waals surface area contributed by atoms with Gasteiger partial charge in [-0.15, -0.1) is 0 Å². The van der Waals surface area contributed by atoms with Crippen LogP contribution in [0.4, 0.5) is 0 Å². The zero-order valence-corrected chi connectivity index (χ0v) is 10.9. The molecule has 3 heteroatoms. The van der Waals surface area contributed by atoms with E-state index >= 15 is 0 Å². The van der Waals surface area contributed by atoms with Crippen molar-refractivity contribution < 1.29 is 0 Å². The first-order chi connectivity index (χ1) is 8.15. The summed E-state index contributed by atoms with van der Waals surface area (Å²) in [7, 11) is 3.95. The highest BCUT2D eigenvalue weighted by Crippen LogP contribution is 2.27. The predicted molar refractivity (Wildman–Crippen MR) is 70.9 cm³/mol. The first-order valence-electron chi connectivity index (χ1n) is 5.88. The maximum Gasteiger partial charge on any atom is 0.0797 e. The number of nitrogens with zero attached hydrogens (tertiary/aromatic N) is 2. The molecule has 0 aliphatic heterocycles. The average molecular weight is 229 g/mol. The molecule has 0 radical (unpaired) electrons. The maximum absolute atomic E-state index is 4.57. The second kappa shape index (κ2) is 4.72.